The van der Waals surface area contributed by atoms with Crippen LogP contribution in [-0.4, -0.2) is 68.5 Å². The Kier molecular flexibility index (Phi) is 56.9. The number of carbonyl (C=O) groups excluding carboxylic acids is 1. The molecule has 0 fully saturated rings. The molecule has 3 atom stereocenters. The summed E-state index contributed by atoms with van der Waals surface area (Å²) < 4.78 is 23.5. The van der Waals surface area contributed by atoms with Gasteiger partial charge in [-0.05, 0) is 51.4 Å². The number of carbonyl (C=O) groups is 1. The van der Waals surface area contributed by atoms with Crippen LogP contribution < -0.4 is 10.2 Å². The summed E-state index contributed by atoms with van der Waals surface area (Å²) in [6, 6.07) is -0.803. The van der Waals surface area contributed by atoms with Crippen molar-refractivity contribution >= 4 is 13.7 Å². The number of hydrogen-bond acceptors (Lipinski definition) is 6. The van der Waals surface area contributed by atoms with E-state index in [1.807, 2.05) is 21.1 Å². The molecule has 448 valence electrons. The molecule has 0 aliphatic carbocycles. The van der Waals surface area contributed by atoms with Crippen molar-refractivity contribution in [1.29, 1.82) is 0 Å². The Hall–Kier alpha value is -1.54. The van der Waals surface area contributed by atoms with Crippen molar-refractivity contribution in [2.75, 3.05) is 40.9 Å². The third-order valence-corrected chi connectivity index (χ3v) is 16.0. The Morgan fingerprint density at radius 2 is 0.803 bits per heavy atom. The predicted octanol–water partition coefficient (Wildman–Crippen LogP) is 20.0. The largest absolute Gasteiger partial charge is 0.756 e. The summed E-state index contributed by atoms with van der Waals surface area (Å²) in [6.07, 6.45) is 77.4. The van der Waals surface area contributed by atoms with Gasteiger partial charge >= 0.3 is 0 Å². The fourth-order valence-electron chi connectivity index (χ4n) is 9.98. The lowest BCUT2D eigenvalue weighted by Crippen LogP contribution is -2.46. The molecule has 0 aromatic carbocycles. The molecule has 1 amide bonds. The minimum atomic E-state index is -4.58. The number of unbranched alkanes of at least 4 members (excludes halogenated alkanes) is 40. The van der Waals surface area contributed by atoms with E-state index in [-0.39, 0.29) is 19.1 Å². The summed E-state index contributed by atoms with van der Waals surface area (Å²) >= 11 is 0. The van der Waals surface area contributed by atoms with E-state index in [1.165, 1.54) is 231 Å². The number of aliphatic hydroxyl groups excluding tert-OH is 1. The van der Waals surface area contributed by atoms with Gasteiger partial charge in [-0.3, -0.25) is 9.36 Å². The summed E-state index contributed by atoms with van der Waals surface area (Å²) in [5.74, 6) is -0.162. The first-order valence-electron chi connectivity index (χ1n) is 33.0. The summed E-state index contributed by atoms with van der Waals surface area (Å²) in [5, 5.41) is 14.1. The first-order valence-corrected chi connectivity index (χ1v) is 34.4. The molecule has 0 bridgehead atoms. The third-order valence-electron chi connectivity index (χ3n) is 15.1. The molecule has 8 nitrogen and oxygen atoms in total. The van der Waals surface area contributed by atoms with Crippen LogP contribution in [-0.2, 0) is 18.4 Å². The van der Waals surface area contributed by atoms with E-state index in [0.717, 1.165) is 64.2 Å². The molecule has 2 N–H and O–H groups in total. The fourth-order valence-corrected chi connectivity index (χ4v) is 10.7. The van der Waals surface area contributed by atoms with E-state index in [0.29, 0.717) is 23.9 Å². The molecule has 0 heterocycles. The molecule has 0 spiro atoms. The van der Waals surface area contributed by atoms with Crippen molar-refractivity contribution in [2.45, 2.75) is 334 Å². The number of quaternary nitrogens is 1. The van der Waals surface area contributed by atoms with Gasteiger partial charge in [-0.1, -0.05) is 313 Å². The van der Waals surface area contributed by atoms with Gasteiger partial charge in [0.1, 0.15) is 13.2 Å². The number of aliphatic hydroxyl groups is 1. The van der Waals surface area contributed by atoms with Crippen LogP contribution in [0, 0.1) is 0 Å². The molecule has 3 unspecified atom stereocenters. The molecule has 0 saturated heterocycles. The number of likely N-dealkylation sites (N-methyl/N-ethyl adjacent to an activating group) is 1. The Bertz CT molecular complexity index is 1380. The zero-order chi connectivity index (χ0) is 55.6. The van der Waals surface area contributed by atoms with Crippen LogP contribution in [0.25, 0.3) is 0 Å². The maximum Gasteiger partial charge on any atom is 0.268 e. The molecule has 0 rings (SSSR count). The molecular formula is C67H129N2O6P. The van der Waals surface area contributed by atoms with E-state index < -0.39 is 20.0 Å². The van der Waals surface area contributed by atoms with Crippen molar-refractivity contribution in [3.63, 3.8) is 0 Å². The van der Waals surface area contributed by atoms with Gasteiger partial charge in [0.05, 0.1) is 39.9 Å². The quantitative estimate of drug-likeness (QED) is 0.0272. The van der Waals surface area contributed by atoms with E-state index >= 15 is 0 Å². The first kappa shape index (κ1) is 74.5. The maximum absolute atomic E-state index is 13.0. The summed E-state index contributed by atoms with van der Waals surface area (Å²) in [6.45, 7) is 4.66. The molecule has 76 heavy (non-hydrogen) atoms. The lowest BCUT2D eigenvalue weighted by molar-refractivity contribution is -0.870. The molecule has 0 aromatic rings. The lowest BCUT2D eigenvalue weighted by Gasteiger charge is -2.30. The number of nitrogens with zero attached hydrogens (tertiary/aromatic N) is 1. The lowest BCUT2D eigenvalue weighted by atomic mass is 10.0. The highest BCUT2D eigenvalue weighted by atomic mass is 31.2. The molecule has 0 aliphatic heterocycles. The predicted molar refractivity (Wildman–Crippen MR) is 330 cm³/mol. The zero-order valence-electron chi connectivity index (χ0n) is 51.2. The van der Waals surface area contributed by atoms with E-state index in [2.05, 4.69) is 67.8 Å². The zero-order valence-corrected chi connectivity index (χ0v) is 52.1. The van der Waals surface area contributed by atoms with E-state index in [4.69, 9.17) is 9.05 Å². The van der Waals surface area contributed by atoms with Crippen LogP contribution in [0.2, 0.25) is 0 Å². The number of allylic oxidation sites excluding steroid dienone is 8. The average Bonchev–Trinajstić information content (AvgIpc) is 3.38. The molecule has 0 saturated carbocycles. The monoisotopic (exact) mass is 1090 g/mol. The normalized spacial score (nSPS) is 14.0. The van der Waals surface area contributed by atoms with Crippen LogP contribution in [0.4, 0.5) is 0 Å². The summed E-state index contributed by atoms with van der Waals surface area (Å²) in [5.41, 5.74) is 0. The second kappa shape index (κ2) is 58.1. The van der Waals surface area contributed by atoms with E-state index in [1.54, 1.807) is 0 Å². The number of rotatable bonds is 61. The highest BCUT2D eigenvalue weighted by Gasteiger charge is 2.24. The van der Waals surface area contributed by atoms with Gasteiger partial charge in [0.15, 0.2) is 0 Å². The Morgan fingerprint density at radius 1 is 0.474 bits per heavy atom. The standard InChI is InChI=1S/C67H129N2O6P/c1-6-8-10-12-14-16-18-20-22-24-26-28-30-32-34-36-38-40-42-44-46-48-50-52-54-56-58-60-66(70)65(64-75-76(72,73)74-63-62-69(3,4)5)68-67(71)61-59-57-55-53-51-49-47-45-43-41-39-37-35-33-31-29-27-25-23-21-19-17-15-13-11-9-7-2/h9,11,15,17,21,23,27,29,65-66,70H,6-8,10,12-14,16,18-20,22,24-26,28,30-64H2,1-5H3,(H-,68,71,72,73)/b11-9-,17-15-,23-21-,29-27-. The van der Waals surface area contributed by atoms with Crippen molar-refractivity contribution in [3.05, 3.63) is 48.6 Å². The average molecular weight is 1090 g/mol. The number of nitrogens with one attached hydrogen (secondary N) is 1. The third kappa shape index (κ3) is 60.1. The summed E-state index contributed by atoms with van der Waals surface area (Å²) in [4.78, 5) is 25.6. The van der Waals surface area contributed by atoms with Crippen LogP contribution in [0.5, 0.6) is 0 Å². The van der Waals surface area contributed by atoms with Gasteiger partial charge in [-0.2, -0.15) is 0 Å². The topological polar surface area (TPSA) is 108 Å². The van der Waals surface area contributed by atoms with Gasteiger partial charge in [-0.15, -0.1) is 0 Å². The number of phosphoric ester groups is 1. The van der Waals surface area contributed by atoms with Crippen LogP contribution >= 0.6 is 7.82 Å². The number of hydrogen-bond donors (Lipinski definition) is 2. The smallest absolute Gasteiger partial charge is 0.268 e. The Balaban J connectivity index is 4.06. The Morgan fingerprint density at radius 3 is 1.17 bits per heavy atom. The minimum absolute atomic E-state index is 0.0123. The van der Waals surface area contributed by atoms with Gasteiger partial charge in [-0.25, -0.2) is 0 Å². The van der Waals surface area contributed by atoms with Gasteiger partial charge in [0.25, 0.3) is 7.82 Å². The second-order valence-electron chi connectivity index (χ2n) is 23.8. The van der Waals surface area contributed by atoms with Crippen molar-refractivity contribution in [2.24, 2.45) is 0 Å². The van der Waals surface area contributed by atoms with Crippen molar-refractivity contribution in [1.82, 2.24) is 5.32 Å². The minimum Gasteiger partial charge on any atom is -0.756 e. The van der Waals surface area contributed by atoms with Crippen LogP contribution in [0.1, 0.15) is 322 Å². The highest BCUT2D eigenvalue weighted by molar-refractivity contribution is 7.45. The Labute approximate surface area is 473 Å². The maximum atomic E-state index is 13.0. The van der Waals surface area contributed by atoms with Crippen LogP contribution in [0.15, 0.2) is 48.6 Å². The molecular weight excluding hydrogens is 960 g/mol. The van der Waals surface area contributed by atoms with Gasteiger partial charge < -0.3 is 28.8 Å². The second-order valence-corrected chi connectivity index (χ2v) is 25.2. The first-order chi connectivity index (χ1) is 37.0. The molecule has 0 aliphatic rings. The molecule has 9 heteroatoms. The number of amides is 1. The van der Waals surface area contributed by atoms with Gasteiger partial charge in [0.2, 0.25) is 5.91 Å². The fraction of sp³-hybridized carbons (Fsp3) is 0.866. The summed E-state index contributed by atoms with van der Waals surface area (Å²) in [7, 11) is 1.31. The van der Waals surface area contributed by atoms with E-state index in [9.17, 15) is 19.4 Å². The number of phosphoric acid groups is 1. The van der Waals surface area contributed by atoms with Crippen molar-refractivity contribution in [3.8, 4) is 0 Å². The highest BCUT2D eigenvalue weighted by Crippen LogP contribution is 2.38. The van der Waals surface area contributed by atoms with Crippen LogP contribution in [0.3, 0.4) is 0 Å². The SMILES string of the molecule is CC/C=C\C/C=C\C/C=C\C/C=C\CCCCCCCCCCCCCCCCC(=O)NC(COP(=O)([O-])OCC[N+](C)(C)C)C(O)CCCCCCCCCCCCCCCCCCCCCCCCCCCCC. The molecule has 0 radical (unpaired) electrons. The molecule has 0 aromatic heterocycles. The van der Waals surface area contributed by atoms with Gasteiger partial charge in [0, 0.05) is 6.42 Å². The van der Waals surface area contributed by atoms with Crippen molar-refractivity contribution < 1.29 is 32.9 Å².